The summed E-state index contributed by atoms with van der Waals surface area (Å²) in [5.74, 6) is 0. The van der Waals surface area contributed by atoms with E-state index in [1.165, 1.54) is 5.56 Å². The third-order valence-corrected chi connectivity index (χ3v) is 2.77. The van der Waals surface area contributed by atoms with Gasteiger partial charge in [0.2, 0.25) is 0 Å². The molecule has 0 N–H and O–H groups in total. The van der Waals surface area contributed by atoms with Gasteiger partial charge < -0.3 is 4.42 Å². The van der Waals surface area contributed by atoms with Gasteiger partial charge in [0.1, 0.15) is 5.58 Å². The molecule has 2 rings (SSSR count). The molecule has 1 aromatic heterocycles. The zero-order valence-corrected chi connectivity index (χ0v) is 10.1. The molecular weight excluding hydrogens is 200 g/mol. The van der Waals surface area contributed by atoms with Crippen molar-refractivity contribution in [3.8, 4) is 0 Å². The van der Waals surface area contributed by atoms with E-state index in [0.717, 1.165) is 10.9 Å². The van der Waals surface area contributed by atoms with E-state index in [0.29, 0.717) is 5.58 Å². The second-order valence-electron chi connectivity index (χ2n) is 5.18. The Morgan fingerprint density at radius 2 is 1.88 bits per heavy atom. The minimum Gasteiger partial charge on any atom is -0.423 e. The molecule has 84 valence electrons. The highest BCUT2D eigenvalue weighted by atomic mass is 16.4. The summed E-state index contributed by atoms with van der Waals surface area (Å²) in [5, 5.41) is 1.06. The zero-order chi connectivity index (χ0) is 11.9. The van der Waals surface area contributed by atoms with Gasteiger partial charge in [-0.15, -0.1) is 0 Å². The molecule has 0 atom stereocenters. The van der Waals surface area contributed by atoms with Crippen LogP contribution in [0.5, 0.6) is 0 Å². The predicted molar refractivity (Wildman–Crippen MR) is 65.9 cm³/mol. The fourth-order valence-electron chi connectivity index (χ4n) is 2.03. The van der Waals surface area contributed by atoms with Gasteiger partial charge in [0, 0.05) is 11.5 Å². The Balaban J connectivity index is 2.93. The van der Waals surface area contributed by atoms with Crippen molar-refractivity contribution in [2.24, 2.45) is 0 Å². The highest BCUT2D eigenvalue weighted by Crippen LogP contribution is 2.30. The largest absolute Gasteiger partial charge is 0.423 e. The Hall–Kier alpha value is -1.57. The first-order valence-corrected chi connectivity index (χ1v) is 5.43. The minimum absolute atomic E-state index is 0.0458. The van der Waals surface area contributed by atoms with Gasteiger partial charge in [0.05, 0.1) is 0 Å². The second-order valence-corrected chi connectivity index (χ2v) is 5.18. The molecular formula is C14H16O2. The third-order valence-electron chi connectivity index (χ3n) is 2.77. The van der Waals surface area contributed by atoms with Gasteiger partial charge in [-0.1, -0.05) is 32.9 Å². The predicted octanol–water partition coefficient (Wildman–Crippen LogP) is 3.40. The van der Waals surface area contributed by atoms with E-state index >= 15 is 0 Å². The highest BCUT2D eigenvalue weighted by molar-refractivity contribution is 5.84. The topological polar surface area (TPSA) is 30.2 Å². The first kappa shape index (κ1) is 10.9. The molecule has 2 heteroatoms. The summed E-state index contributed by atoms with van der Waals surface area (Å²) in [4.78, 5) is 11.3. The van der Waals surface area contributed by atoms with Crippen LogP contribution in [-0.4, -0.2) is 0 Å². The molecule has 0 unspecified atom stereocenters. The van der Waals surface area contributed by atoms with E-state index in [9.17, 15) is 4.79 Å². The Labute approximate surface area is 94.9 Å². The average molecular weight is 216 g/mol. The minimum atomic E-state index is -0.281. The lowest BCUT2D eigenvalue weighted by atomic mass is 9.84. The SMILES string of the molecule is Cc1cc(=O)oc2cccc(C(C)(C)C)c12. The average Bonchev–Trinajstić information content (AvgIpc) is 2.14. The lowest BCUT2D eigenvalue weighted by Gasteiger charge is -2.21. The van der Waals surface area contributed by atoms with Crippen molar-refractivity contribution in [2.45, 2.75) is 33.1 Å². The van der Waals surface area contributed by atoms with Crippen molar-refractivity contribution in [3.05, 3.63) is 45.8 Å². The summed E-state index contributed by atoms with van der Waals surface area (Å²) in [6.07, 6.45) is 0. The van der Waals surface area contributed by atoms with Gasteiger partial charge in [-0.05, 0) is 29.5 Å². The molecule has 0 saturated heterocycles. The summed E-state index contributed by atoms with van der Waals surface area (Å²) in [7, 11) is 0. The molecule has 0 bridgehead atoms. The van der Waals surface area contributed by atoms with Crippen molar-refractivity contribution in [1.82, 2.24) is 0 Å². The maximum atomic E-state index is 11.3. The quantitative estimate of drug-likeness (QED) is 0.632. The number of benzene rings is 1. The highest BCUT2D eigenvalue weighted by Gasteiger charge is 2.18. The van der Waals surface area contributed by atoms with Gasteiger partial charge in [0.25, 0.3) is 0 Å². The number of hydrogen-bond acceptors (Lipinski definition) is 2. The van der Waals surface area contributed by atoms with Gasteiger partial charge in [-0.25, -0.2) is 4.79 Å². The van der Waals surface area contributed by atoms with Crippen LogP contribution in [0.4, 0.5) is 0 Å². The zero-order valence-electron chi connectivity index (χ0n) is 10.1. The monoisotopic (exact) mass is 216 g/mol. The van der Waals surface area contributed by atoms with Crippen LogP contribution in [0.3, 0.4) is 0 Å². The lowest BCUT2D eigenvalue weighted by molar-refractivity contribution is 0.554. The molecule has 0 saturated carbocycles. The van der Waals surface area contributed by atoms with Gasteiger partial charge in [-0.3, -0.25) is 0 Å². The summed E-state index contributed by atoms with van der Waals surface area (Å²) in [6, 6.07) is 7.43. The van der Waals surface area contributed by atoms with E-state index in [-0.39, 0.29) is 11.0 Å². The molecule has 0 aliphatic carbocycles. The molecule has 0 aliphatic rings. The van der Waals surface area contributed by atoms with E-state index in [1.54, 1.807) is 6.07 Å². The van der Waals surface area contributed by atoms with E-state index < -0.39 is 0 Å². The van der Waals surface area contributed by atoms with Gasteiger partial charge in [0.15, 0.2) is 0 Å². The Kier molecular flexibility index (Phi) is 2.38. The van der Waals surface area contributed by atoms with Gasteiger partial charge >= 0.3 is 5.63 Å². The van der Waals surface area contributed by atoms with Crippen LogP contribution < -0.4 is 5.63 Å². The van der Waals surface area contributed by atoms with Crippen LogP contribution in [0, 0.1) is 6.92 Å². The maximum absolute atomic E-state index is 11.3. The fourth-order valence-corrected chi connectivity index (χ4v) is 2.03. The number of rotatable bonds is 0. The molecule has 1 heterocycles. The van der Waals surface area contributed by atoms with Crippen molar-refractivity contribution >= 4 is 11.0 Å². The van der Waals surface area contributed by atoms with E-state index in [4.69, 9.17) is 4.42 Å². The summed E-state index contributed by atoms with van der Waals surface area (Å²) >= 11 is 0. The molecule has 0 radical (unpaired) electrons. The molecule has 0 fully saturated rings. The van der Waals surface area contributed by atoms with Crippen LogP contribution in [0.15, 0.2) is 33.5 Å². The van der Waals surface area contributed by atoms with Gasteiger partial charge in [-0.2, -0.15) is 0 Å². The smallest absolute Gasteiger partial charge is 0.336 e. The van der Waals surface area contributed by atoms with Crippen LogP contribution in [0.25, 0.3) is 11.0 Å². The molecule has 1 aromatic carbocycles. The van der Waals surface area contributed by atoms with Crippen molar-refractivity contribution < 1.29 is 4.42 Å². The summed E-state index contributed by atoms with van der Waals surface area (Å²) in [5.41, 5.74) is 2.64. The Morgan fingerprint density at radius 1 is 1.19 bits per heavy atom. The first-order valence-electron chi connectivity index (χ1n) is 5.43. The second kappa shape index (κ2) is 3.48. The number of aryl methyl sites for hydroxylation is 1. The molecule has 0 aliphatic heterocycles. The molecule has 0 spiro atoms. The van der Waals surface area contributed by atoms with E-state index in [2.05, 4.69) is 26.8 Å². The molecule has 2 nitrogen and oxygen atoms in total. The Morgan fingerprint density at radius 3 is 2.50 bits per heavy atom. The van der Waals surface area contributed by atoms with Crippen molar-refractivity contribution in [1.29, 1.82) is 0 Å². The molecule has 0 amide bonds. The Bertz CT molecular complexity index is 586. The number of hydrogen-bond donors (Lipinski definition) is 0. The third kappa shape index (κ3) is 1.75. The molecule has 2 aromatic rings. The van der Waals surface area contributed by atoms with Crippen LogP contribution in [-0.2, 0) is 5.41 Å². The normalized spacial score (nSPS) is 12.0. The van der Waals surface area contributed by atoms with Crippen LogP contribution in [0.1, 0.15) is 31.9 Å². The fraction of sp³-hybridized carbons (Fsp3) is 0.357. The maximum Gasteiger partial charge on any atom is 0.336 e. The van der Waals surface area contributed by atoms with Crippen LogP contribution in [0.2, 0.25) is 0 Å². The first-order chi connectivity index (χ1) is 7.39. The molecule has 16 heavy (non-hydrogen) atoms. The van der Waals surface area contributed by atoms with E-state index in [1.807, 2.05) is 19.1 Å². The summed E-state index contributed by atoms with van der Waals surface area (Å²) < 4.78 is 5.22. The van der Waals surface area contributed by atoms with Crippen molar-refractivity contribution in [3.63, 3.8) is 0 Å². The standard InChI is InChI=1S/C14H16O2/c1-9-8-12(15)16-11-7-5-6-10(13(9)11)14(2,3)4/h5-8H,1-4H3. The van der Waals surface area contributed by atoms with Crippen LogP contribution >= 0.6 is 0 Å². The van der Waals surface area contributed by atoms with Crippen molar-refractivity contribution in [2.75, 3.05) is 0 Å². The lowest BCUT2D eigenvalue weighted by Crippen LogP contribution is -2.13. The number of fused-ring (bicyclic) bond motifs is 1. The summed E-state index contributed by atoms with van der Waals surface area (Å²) in [6.45, 7) is 8.43.